The lowest BCUT2D eigenvalue weighted by molar-refractivity contribution is 0.111. The zero-order valence-electron chi connectivity index (χ0n) is 6.20. The van der Waals surface area contributed by atoms with Gasteiger partial charge in [-0.15, -0.1) is 0 Å². The maximum Gasteiger partial charge on any atom is 0.172 e. The second kappa shape index (κ2) is 2.97. The number of halogens is 3. The number of rotatable bonds is 1. The van der Waals surface area contributed by atoms with Crippen LogP contribution in [0.3, 0.4) is 0 Å². The van der Waals surface area contributed by atoms with Crippen molar-refractivity contribution in [2.24, 2.45) is 0 Å². The van der Waals surface area contributed by atoms with Gasteiger partial charge in [0.1, 0.15) is 5.82 Å². The molecule has 0 saturated carbocycles. The molecule has 1 rings (SSSR count). The minimum atomic E-state index is -1.44. The lowest BCUT2D eigenvalue weighted by Gasteiger charge is -2.01. The van der Waals surface area contributed by atoms with Gasteiger partial charge in [-0.2, -0.15) is 0 Å². The van der Waals surface area contributed by atoms with Crippen LogP contribution >= 0.6 is 0 Å². The molecule has 1 aromatic rings. The average molecular weight is 174 g/mol. The van der Waals surface area contributed by atoms with Crippen molar-refractivity contribution in [1.29, 1.82) is 0 Å². The Balaban J connectivity index is 3.52. The molecular weight excluding hydrogens is 169 g/mol. The molecule has 0 aromatic heterocycles. The topological polar surface area (TPSA) is 17.1 Å². The van der Waals surface area contributed by atoms with Crippen molar-refractivity contribution in [3.8, 4) is 0 Å². The van der Waals surface area contributed by atoms with E-state index in [1.807, 2.05) is 0 Å². The maximum absolute atomic E-state index is 12.8. The minimum absolute atomic E-state index is 0.0409. The molecule has 0 saturated heterocycles. The van der Waals surface area contributed by atoms with Crippen molar-refractivity contribution in [2.75, 3.05) is 0 Å². The predicted molar refractivity (Wildman–Crippen MR) is 36.4 cm³/mol. The lowest BCUT2D eigenvalue weighted by Crippen LogP contribution is -2.00. The number of benzene rings is 1. The zero-order chi connectivity index (χ0) is 9.30. The highest BCUT2D eigenvalue weighted by Crippen LogP contribution is 2.17. The third-order valence-corrected chi connectivity index (χ3v) is 1.49. The van der Waals surface area contributed by atoms with E-state index in [0.717, 1.165) is 0 Å². The van der Waals surface area contributed by atoms with Crippen molar-refractivity contribution in [3.63, 3.8) is 0 Å². The van der Waals surface area contributed by atoms with Gasteiger partial charge in [0.15, 0.2) is 17.9 Å². The fraction of sp³-hybridized carbons (Fsp3) is 0.125. The molecule has 1 nitrogen and oxygen atoms in total. The molecule has 0 bridgehead atoms. The van der Waals surface area contributed by atoms with Gasteiger partial charge in [-0.3, -0.25) is 4.79 Å². The summed E-state index contributed by atoms with van der Waals surface area (Å²) in [5, 5.41) is 0. The largest absolute Gasteiger partial charge is 0.298 e. The van der Waals surface area contributed by atoms with E-state index in [1.165, 1.54) is 6.92 Å². The SMILES string of the molecule is Cc1cc(F)c(F)c(C=O)c1F. The first kappa shape index (κ1) is 8.77. The zero-order valence-corrected chi connectivity index (χ0v) is 6.20. The van der Waals surface area contributed by atoms with Crippen LogP contribution in [0.15, 0.2) is 6.07 Å². The first-order valence-electron chi connectivity index (χ1n) is 3.17. The molecule has 0 radical (unpaired) electrons. The molecule has 0 spiro atoms. The average Bonchev–Trinajstić information content (AvgIpc) is 2.02. The fourth-order valence-electron chi connectivity index (χ4n) is 0.858. The molecule has 0 aliphatic rings. The summed E-state index contributed by atoms with van der Waals surface area (Å²) in [5.74, 6) is -3.66. The molecule has 0 aliphatic heterocycles. The van der Waals surface area contributed by atoms with Crippen LogP contribution < -0.4 is 0 Å². The third kappa shape index (κ3) is 1.20. The fourth-order valence-corrected chi connectivity index (χ4v) is 0.858. The van der Waals surface area contributed by atoms with Crippen molar-refractivity contribution in [2.45, 2.75) is 6.92 Å². The molecule has 0 amide bonds. The van der Waals surface area contributed by atoms with Crippen LogP contribution in [-0.2, 0) is 0 Å². The summed E-state index contributed by atoms with van der Waals surface area (Å²) in [7, 11) is 0. The Kier molecular flexibility index (Phi) is 2.17. The highest BCUT2D eigenvalue weighted by Gasteiger charge is 2.15. The summed E-state index contributed by atoms with van der Waals surface area (Å²) in [6, 6.07) is 0.706. The molecule has 0 atom stereocenters. The number of carbonyl (C=O) groups is 1. The van der Waals surface area contributed by atoms with E-state index < -0.39 is 23.0 Å². The molecule has 1 aromatic carbocycles. The number of aryl methyl sites for hydroxylation is 1. The molecule has 12 heavy (non-hydrogen) atoms. The van der Waals surface area contributed by atoms with Gasteiger partial charge in [0.2, 0.25) is 0 Å². The van der Waals surface area contributed by atoms with Crippen molar-refractivity contribution < 1.29 is 18.0 Å². The van der Waals surface area contributed by atoms with E-state index in [1.54, 1.807) is 0 Å². The predicted octanol–water partition coefficient (Wildman–Crippen LogP) is 2.22. The second-order valence-corrected chi connectivity index (χ2v) is 2.33. The lowest BCUT2D eigenvalue weighted by atomic mass is 10.1. The molecule has 64 valence electrons. The van der Waals surface area contributed by atoms with E-state index in [0.29, 0.717) is 6.07 Å². The van der Waals surface area contributed by atoms with Gasteiger partial charge in [-0.05, 0) is 18.6 Å². The van der Waals surface area contributed by atoms with E-state index in [2.05, 4.69) is 0 Å². The van der Waals surface area contributed by atoms with Gasteiger partial charge in [0.05, 0.1) is 5.56 Å². The Bertz CT molecular complexity index is 307. The van der Waals surface area contributed by atoms with Gasteiger partial charge in [0.25, 0.3) is 0 Å². The number of carbonyl (C=O) groups excluding carboxylic acids is 1. The summed E-state index contributed by atoms with van der Waals surface area (Å²) in [6.45, 7) is 1.25. The molecule has 0 fully saturated rings. The van der Waals surface area contributed by atoms with Gasteiger partial charge in [0, 0.05) is 0 Å². The monoisotopic (exact) mass is 174 g/mol. The molecule has 0 unspecified atom stereocenters. The summed E-state index contributed by atoms with van der Waals surface area (Å²) in [5.41, 5.74) is -0.941. The Labute approximate surface area is 66.8 Å². The Morgan fingerprint density at radius 1 is 1.25 bits per heavy atom. The minimum Gasteiger partial charge on any atom is -0.298 e. The van der Waals surface area contributed by atoms with E-state index in [4.69, 9.17) is 0 Å². The molecule has 0 aliphatic carbocycles. The van der Waals surface area contributed by atoms with Crippen LogP contribution in [0, 0.1) is 24.4 Å². The Hall–Kier alpha value is -1.32. The summed E-state index contributed by atoms with van der Waals surface area (Å²) >= 11 is 0. The number of aldehydes is 1. The normalized spacial score (nSPS) is 10.0. The maximum atomic E-state index is 12.8. The molecule has 0 heterocycles. The number of hydrogen-bond acceptors (Lipinski definition) is 1. The van der Waals surface area contributed by atoms with Crippen LogP contribution in [0.1, 0.15) is 15.9 Å². The summed E-state index contributed by atoms with van der Waals surface area (Å²) in [4.78, 5) is 10.1. The number of hydrogen-bond donors (Lipinski definition) is 0. The quantitative estimate of drug-likeness (QED) is 0.471. The molecule has 4 heteroatoms. The first-order valence-corrected chi connectivity index (χ1v) is 3.17. The van der Waals surface area contributed by atoms with Crippen LogP contribution in [0.25, 0.3) is 0 Å². The van der Waals surface area contributed by atoms with Gasteiger partial charge in [-0.25, -0.2) is 13.2 Å². The highest BCUT2D eigenvalue weighted by molar-refractivity contribution is 5.76. The van der Waals surface area contributed by atoms with Crippen molar-refractivity contribution in [1.82, 2.24) is 0 Å². The molecular formula is C8H5F3O. The summed E-state index contributed by atoms with van der Waals surface area (Å²) < 4.78 is 37.9. The van der Waals surface area contributed by atoms with Crippen LogP contribution in [0.4, 0.5) is 13.2 Å². The van der Waals surface area contributed by atoms with Crippen LogP contribution in [-0.4, -0.2) is 6.29 Å². The summed E-state index contributed by atoms with van der Waals surface area (Å²) in [6.07, 6.45) is -0.0409. The first-order chi connectivity index (χ1) is 5.57. The van der Waals surface area contributed by atoms with E-state index >= 15 is 0 Å². The van der Waals surface area contributed by atoms with Gasteiger partial charge < -0.3 is 0 Å². The van der Waals surface area contributed by atoms with Crippen molar-refractivity contribution >= 4 is 6.29 Å². The van der Waals surface area contributed by atoms with E-state index in [9.17, 15) is 18.0 Å². The highest BCUT2D eigenvalue weighted by atomic mass is 19.2. The van der Waals surface area contributed by atoms with Crippen LogP contribution in [0.5, 0.6) is 0 Å². The van der Waals surface area contributed by atoms with Gasteiger partial charge in [-0.1, -0.05) is 0 Å². The molecule has 0 N–H and O–H groups in total. The smallest absolute Gasteiger partial charge is 0.172 e. The Morgan fingerprint density at radius 3 is 2.33 bits per heavy atom. The standard InChI is InChI=1S/C8H5F3O/c1-4-2-6(9)8(11)5(3-12)7(4)10/h2-3H,1H3. The van der Waals surface area contributed by atoms with Crippen LogP contribution in [0.2, 0.25) is 0 Å². The van der Waals surface area contributed by atoms with Crippen molar-refractivity contribution in [3.05, 3.63) is 34.6 Å². The Morgan fingerprint density at radius 2 is 1.83 bits per heavy atom. The van der Waals surface area contributed by atoms with E-state index in [-0.39, 0.29) is 11.8 Å². The second-order valence-electron chi connectivity index (χ2n) is 2.33. The van der Waals surface area contributed by atoms with Gasteiger partial charge >= 0.3 is 0 Å². The third-order valence-electron chi connectivity index (χ3n) is 1.49.